The molecular weight excluding hydrogens is 179 g/mol. The maximum Gasteiger partial charge on any atom is 0.126 e. The van der Waals surface area contributed by atoms with E-state index in [1.165, 1.54) is 6.07 Å². The molecule has 1 saturated heterocycles. The van der Waals surface area contributed by atoms with Gasteiger partial charge in [-0.25, -0.2) is 4.39 Å². The number of nitrogens with two attached hydrogens (primary N) is 1. The molecule has 2 unspecified atom stereocenters. The lowest BCUT2D eigenvalue weighted by molar-refractivity contribution is 0.406. The van der Waals surface area contributed by atoms with Crippen LogP contribution in [0.25, 0.3) is 0 Å². The van der Waals surface area contributed by atoms with E-state index in [0.29, 0.717) is 0 Å². The van der Waals surface area contributed by atoms with Crippen molar-refractivity contribution in [3.8, 4) is 0 Å². The molecule has 0 aromatic heterocycles. The summed E-state index contributed by atoms with van der Waals surface area (Å²) in [4.78, 5) is 2.14. The van der Waals surface area contributed by atoms with Gasteiger partial charge in [0.15, 0.2) is 0 Å². The fraction of sp³-hybridized carbons (Fsp3) is 0.455. The van der Waals surface area contributed by atoms with E-state index in [2.05, 4.69) is 4.90 Å². The van der Waals surface area contributed by atoms with Gasteiger partial charge in [0.05, 0.1) is 0 Å². The number of rotatable bonds is 1. The molecule has 0 amide bonds. The van der Waals surface area contributed by atoms with Gasteiger partial charge in [-0.1, -0.05) is 18.2 Å². The molecule has 1 aliphatic rings. The van der Waals surface area contributed by atoms with Gasteiger partial charge in [0.1, 0.15) is 5.82 Å². The van der Waals surface area contributed by atoms with E-state index in [9.17, 15) is 4.39 Å². The van der Waals surface area contributed by atoms with E-state index < -0.39 is 0 Å². The first kappa shape index (κ1) is 9.62. The minimum Gasteiger partial charge on any atom is -0.326 e. The van der Waals surface area contributed by atoms with Gasteiger partial charge in [0.2, 0.25) is 0 Å². The summed E-state index contributed by atoms with van der Waals surface area (Å²) >= 11 is 0. The summed E-state index contributed by atoms with van der Waals surface area (Å²) in [5.74, 6) is 0.00412. The highest BCUT2D eigenvalue weighted by Crippen LogP contribution is 2.27. The highest BCUT2D eigenvalue weighted by Gasteiger charge is 2.30. The molecule has 0 radical (unpaired) electrons. The Morgan fingerprint density at radius 1 is 1.36 bits per heavy atom. The number of benzene rings is 1. The van der Waals surface area contributed by atoms with Crippen molar-refractivity contribution >= 4 is 0 Å². The van der Waals surface area contributed by atoms with E-state index in [0.717, 1.165) is 18.7 Å². The minimum absolute atomic E-state index is 0.0527. The van der Waals surface area contributed by atoms with Gasteiger partial charge in [-0.15, -0.1) is 0 Å². The quantitative estimate of drug-likeness (QED) is 0.727. The number of likely N-dealkylation sites (N-methyl/N-ethyl adjacent to an activating group) is 1. The second kappa shape index (κ2) is 3.67. The number of likely N-dealkylation sites (tertiary alicyclic amines) is 1. The van der Waals surface area contributed by atoms with Crippen molar-refractivity contribution in [2.45, 2.75) is 12.0 Å². The molecule has 2 nitrogen and oxygen atoms in total. The van der Waals surface area contributed by atoms with Gasteiger partial charge < -0.3 is 10.6 Å². The molecule has 0 bridgehead atoms. The molecule has 76 valence electrons. The highest BCUT2D eigenvalue weighted by molar-refractivity contribution is 5.25. The van der Waals surface area contributed by atoms with Gasteiger partial charge in [0, 0.05) is 25.0 Å². The first-order valence-corrected chi connectivity index (χ1v) is 4.87. The average Bonchev–Trinajstić information content (AvgIpc) is 2.46. The third kappa shape index (κ3) is 1.65. The van der Waals surface area contributed by atoms with E-state index in [1.807, 2.05) is 19.2 Å². The van der Waals surface area contributed by atoms with Crippen molar-refractivity contribution in [1.29, 1.82) is 0 Å². The van der Waals surface area contributed by atoms with Crippen LogP contribution in [0, 0.1) is 5.82 Å². The lowest BCUT2D eigenvalue weighted by atomic mass is 9.94. The van der Waals surface area contributed by atoms with E-state index in [-0.39, 0.29) is 17.8 Å². The molecular formula is C11H15FN2. The number of hydrogen-bond acceptors (Lipinski definition) is 2. The maximum absolute atomic E-state index is 13.5. The zero-order valence-electron chi connectivity index (χ0n) is 8.28. The Hall–Kier alpha value is -0.930. The number of hydrogen-bond donors (Lipinski definition) is 1. The second-order valence-corrected chi connectivity index (χ2v) is 4.01. The van der Waals surface area contributed by atoms with Crippen LogP contribution in [0.15, 0.2) is 24.3 Å². The molecule has 1 aromatic carbocycles. The summed E-state index contributed by atoms with van der Waals surface area (Å²) in [6, 6.07) is 6.96. The van der Waals surface area contributed by atoms with Crippen molar-refractivity contribution in [2.75, 3.05) is 20.1 Å². The minimum atomic E-state index is -0.136. The number of halogens is 1. The van der Waals surface area contributed by atoms with E-state index in [4.69, 9.17) is 5.73 Å². The first-order valence-electron chi connectivity index (χ1n) is 4.87. The van der Waals surface area contributed by atoms with Crippen LogP contribution >= 0.6 is 0 Å². The number of nitrogens with zero attached hydrogens (tertiary/aromatic N) is 1. The fourth-order valence-electron chi connectivity index (χ4n) is 2.14. The van der Waals surface area contributed by atoms with Crippen LogP contribution in [0.4, 0.5) is 4.39 Å². The van der Waals surface area contributed by atoms with Gasteiger partial charge in [-0.2, -0.15) is 0 Å². The molecule has 2 rings (SSSR count). The Balaban J connectivity index is 2.27. The van der Waals surface area contributed by atoms with Crippen molar-refractivity contribution < 1.29 is 4.39 Å². The van der Waals surface area contributed by atoms with Crippen LogP contribution in [0.2, 0.25) is 0 Å². The summed E-state index contributed by atoms with van der Waals surface area (Å²) in [5, 5.41) is 0. The molecule has 1 fully saturated rings. The van der Waals surface area contributed by atoms with Crippen LogP contribution in [0.1, 0.15) is 11.5 Å². The molecule has 1 aromatic rings. The molecule has 0 spiro atoms. The Morgan fingerprint density at radius 3 is 2.64 bits per heavy atom. The largest absolute Gasteiger partial charge is 0.326 e. The lowest BCUT2D eigenvalue weighted by Gasteiger charge is -2.15. The van der Waals surface area contributed by atoms with E-state index >= 15 is 0 Å². The SMILES string of the molecule is CN1CC(N)C(c2ccccc2F)C1. The van der Waals surface area contributed by atoms with Gasteiger partial charge in [-0.3, -0.25) is 0 Å². The Bertz CT molecular complexity index is 327. The van der Waals surface area contributed by atoms with Crippen molar-refractivity contribution in [1.82, 2.24) is 4.90 Å². The summed E-state index contributed by atoms with van der Waals surface area (Å²) in [5.41, 5.74) is 6.72. The fourth-order valence-corrected chi connectivity index (χ4v) is 2.14. The van der Waals surface area contributed by atoms with Gasteiger partial charge in [-0.05, 0) is 18.7 Å². The summed E-state index contributed by atoms with van der Waals surface area (Å²) in [7, 11) is 2.01. The monoisotopic (exact) mass is 194 g/mol. The van der Waals surface area contributed by atoms with Crippen LogP contribution in [-0.4, -0.2) is 31.1 Å². The van der Waals surface area contributed by atoms with E-state index in [1.54, 1.807) is 6.07 Å². The molecule has 2 N–H and O–H groups in total. The summed E-state index contributed by atoms with van der Waals surface area (Å²) < 4.78 is 13.5. The van der Waals surface area contributed by atoms with Crippen LogP contribution in [0.5, 0.6) is 0 Å². The Labute approximate surface area is 83.5 Å². The first-order chi connectivity index (χ1) is 6.68. The summed E-state index contributed by atoms with van der Waals surface area (Å²) in [6.07, 6.45) is 0. The molecule has 1 heterocycles. The normalized spacial score (nSPS) is 28.2. The van der Waals surface area contributed by atoms with Gasteiger partial charge >= 0.3 is 0 Å². The van der Waals surface area contributed by atoms with Crippen molar-refractivity contribution in [2.24, 2.45) is 5.73 Å². The van der Waals surface area contributed by atoms with Crippen molar-refractivity contribution in [3.05, 3.63) is 35.6 Å². The predicted molar refractivity (Wildman–Crippen MR) is 54.6 cm³/mol. The van der Waals surface area contributed by atoms with Gasteiger partial charge in [0.25, 0.3) is 0 Å². The van der Waals surface area contributed by atoms with Crippen LogP contribution in [0.3, 0.4) is 0 Å². The van der Waals surface area contributed by atoms with Crippen LogP contribution in [-0.2, 0) is 0 Å². The molecule has 0 saturated carbocycles. The van der Waals surface area contributed by atoms with Crippen LogP contribution < -0.4 is 5.73 Å². The smallest absolute Gasteiger partial charge is 0.126 e. The average molecular weight is 194 g/mol. The third-order valence-electron chi connectivity index (χ3n) is 2.85. The zero-order valence-corrected chi connectivity index (χ0v) is 8.28. The third-order valence-corrected chi connectivity index (χ3v) is 2.85. The maximum atomic E-state index is 13.5. The molecule has 14 heavy (non-hydrogen) atoms. The zero-order chi connectivity index (χ0) is 10.1. The molecule has 1 aliphatic heterocycles. The topological polar surface area (TPSA) is 29.3 Å². The molecule has 0 aliphatic carbocycles. The Morgan fingerprint density at radius 2 is 2.07 bits per heavy atom. The summed E-state index contributed by atoms with van der Waals surface area (Å²) in [6.45, 7) is 1.70. The molecule has 2 atom stereocenters. The predicted octanol–water partition coefficient (Wildman–Crippen LogP) is 1.18. The lowest BCUT2D eigenvalue weighted by Crippen LogP contribution is -2.28. The van der Waals surface area contributed by atoms with Crippen molar-refractivity contribution in [3.63, 3.8) is 0 Å². The second-order valence-electron chi connectivity index (χ2n) is 4.01. The Kier molecular flexibility index (Phi) is 2.52. The standard InChI is InChI=1S/C11H15FN2/c1-14-6-9(11(13)7-14)8-4-2-3-5-10(8)12/h2-5,9,11H,6-7,13H2,1H3. The highest BCUT2D eigenvalue weighted by atomic mass is 19.1. The molecule has 3 heteroatoms.